The third-order valence-corrected chi connectivity index (χ3v) is 4.70. The minimum Gasteiger partial charge on any atom is -0.382 e. The third kappa shape index (κ3) is 4.07. The fraction of sp³-hybridized carbons (Fsp3) is 0.316. The van der Waals surface area contributed by atoms with E-state index in [0.717, 1.165) is 19.6 Å². The minimum absolute atomic E-state index is 0.197. The smallest absolute Gasteiger partial charge is 0.248 e. The molecule has 0 aliphatic carbocycles. The van der Waals surface area contributed by atoms with Gasteiger partial charge >= 0.3 is 0 Å². The molecule has 1 aliphatic heterocycles. The number of hydrogen-bond acceptors (Lipinski definition) is 8. The second-order valence-electron chi connectivity index (χ2n) is 6.77. The van der Waals surface area contributed by atoms with E-state index < -0.39 is 0 Å². The molecule has 4 N–H and O–H groups in total. The van der Waals surface area contributed by atoms with Crippen LogP contribution in [0, 0.1) is 17.2 Å². The van der Waals surface area contributed by atoms with E-state index in [9.17, 15) is 10.1 Å². The summed E-state index contributed by atoms with van der Waals surface area (Å²) in [5.41, 5.74) is 2.71. The number of anilines is 3. The van der Waals surface area contributed by atoms with Crippen molar-refractivity contribution in [2.24, 2.45) is 5.92 Å². The summed E-state index contributed by atoms with van der Waals surface area (Å²) in [5.74, 6) is 0.913. The monoisotopic (exact) mass is 376 g/mol. The van der Waals surface area contributed by atoms with E-state index in [-0.39, 0.29) is 5.56 Å². The lowest BCUT2D eigenvalue weighted by molar-refractivity contribution is 0.393. The Morgan fingerprint density at radius 2 is 2.21 bits per heavy atom. The summed E-state index contributed by atoms with van der Waals surface area (Å²) < 4.78 is 0. The van der Waals surface area contributed by atoms with Crippen molar-refractivity contribution >= 4 is 28.4 Å². The van der Waals surface area contributed by atoms with Crippen LogP contribution in [0.25, 0.3) is 11.0 Å². The average Bonchev–Trinajstić information content (AvgIpc) is 2.73. The minimum atomic E-state index is -0.197. The number of aromatic amines is 1. The zero-order chi connectivity index (χ0) is 19.3. The first kappa shape index (κ1) is 17.9. The van der Waals surface area contributed by atoms with E-state index in [0.29, 0.717) is 40.0 Å². The second-order valence-corrected chi connectivity index (χ2v) is 6.77. The summed E-state index contributed by atoms with van der Waals surface area (Å²) in [5, 5.41) is 19.2. The summed E-state index contributed by atoms with van der Waals surface area (Å²) in [6.07, 6.45) is 5.47. The van der Waals surface area contributed by atoms with Crippen molar-refractivity contribution in [3.8, 4) is 6.07 Å². The van der Waals surface area contributed by atoms with Gasteiger partial charge in [-0.3, -0.25) is 4.79 Å². The van der Waals surface area contributed by atoms with E-state index in [2.05, 4.69) is 42.0 Å². The van der Waals surface area contributed by atoms with Crippen LogP contribution < -0.4 is 21.5 Å². The van der Waals surface area contributed by atoms with Crippen LogP contribution in [0.1, 0.15) is 18.5 Å². The molecule has 3 aromatic rings. The van der Waals surface area contributed by atoms with E-state index in [1.165, 1.54) is 18.9 Å². The van der Waals surface area contributed by atoms with Crippen LogP contribution in [-0.4, -0.2) is 39.6 Å². The van der Waals surface area contributed by atoms with Crippen LogP contribution in [0.5, 0.6) is 0 Å². The molecule has 3 aromatic heterocycles. The van der Waals surface area contributed by atoms with Crippen molar-refractivity contribution in [2.45, 2.75) is 12.8 Å². The summed E-state index contributed by atoms with van der Waals surface area (Å²) in [6.45, 7) is 2.83. The normalized spacial score (nSPS) is 16.5. The van der Waals surface area contributed by atoms with Crippen LogP contribution >= 0.6 is 0 Å². The lowest BCUT2D eigenvalue weighted by Gasteiger charge is -2.23. The predicted octanol–water partition coefficient (Wildman–Crippen LogP) is 1.74. The number of nitrogens with one attached hydrogen (secondary N) is 4. The molecule has 0 bridgehead atoms. The van der Waals surface area contributed by atoms with Crippen LogP contribution in [-0.2, 0) is 0 Å². The first-order valence-electron chi connectivity index (χ1n) is 9.19. The number of nitriles is 1. The van der Waals surface area contributed by atoms with Crippen LogP contribution in [0.4, 0.5) is 17.3 Å². The molecule has 9 nitrogen and oxygen atoms in total. The van der Waals surface area contributed by atoms with Crippen molar-refractivity contribution < 1.29 is 0 Å². The Balaban J connectivity index is 1.52. The topological polar surface area (TPSA) is 131 Å². The Morgan fingerprint density at radius 3 is 3.04 bits per heavy atom. The molecule has 0 amide bonds. The lowest BCUT2D eigenvalue weighted by atomic mass is 9.99. The highest BCUT2D eigenvalue weighted by Crippen LogP contribution is 2.22. The summed E-state index contributed by atoms with van der Waals surface area (Å²) in [4.78, 5) is 26.9. The molecule has 0 aromatic carbocycles. The molecular weight excluding hydrogens is 356 g/mol. The molecule has 1 atom stereocenters. The fourth-order valence-electron chi connectivity index (χ4n) is 3.25. The van der Waals surface area contributed by atoms with Crippen LogP contribution in [0.15, 0.2) is 35.4 Å². The zero-order valence-corrected chi connectivity index (χ0v) is 15.2. The first-order valence-corrected chi connectivity index (χ1v) is 9.19. The SMILES string of the molecule is N#Cc1ncc(Nc2ncc3[nH]c(=O)ccc3n2)cc1NC[C@@H]1CCCNC1. The number of fused-ring (bicyclic) bond motifs is 1. The second kappa shape index (κ2) is 8.02. The van der Waals surface area contributed by atoms with Gasteiger partial charge in [-0.2, -0.15) is 5.26 Å². The Hall–Kier alpha value is -3.51. The molecule has 1 saturated heterocycles. The fourth-order valence-corrected chi connectivity index (χ4v) is 3.25. The largest absolute Gasteiger partial charge is 0.382 e. The first-order chi connectivity index (χ1) is 13.7. The molecule has 0 spiro atoms. The molecule has 1 aliphatic rings. The summed E-state index contributed by atoms with van der Waals surface area (Å²) in [7, 11) is 0. The van der Waals surface area contributed by atoms with Crippen molar-refractivity contribution in [1.29, 1.82) is 5.26 Å². The standard InChI is InChI=1S/C19H20N8O/c20-7-16-15(22-9-12-2-1-5-21-8-12)6-13(10-23-16)25-19-24-11-17-14(27-19)3-4-18(28)26-17/h3-4,6,10-12,21-22H,1-2,5,8-9H2,(H,26,28)(H,24,25,27)/t12-/m1/s1. The molecule has 4 rings (SSSR count). The molecular formula is C19H20N8O. The molecule has 9 heteroatoms. The number of rotatable bonds is 5. The molecule has 1 fully saturated rings. The Labute approximate surface area is 161 Å². The quantitative estimate of drug-likeness (QED) is 0.529. The van der Waals surface area contributed by atoms with Gasteiger partial charge in [-0.15, -0.1) is 0 Å². The zero-order valence-electron chi connectivity index (χ0n) is 15.2. The van der Waals surface area contributed by atoms with Gasteiger partial charge in [0.25, 0.3) is 0 Å². The number of piperidine rings is 1. The molecule has 0 saturated carbocycles. The number of pyridine rings is 2. The molecule has 142 valence electrons. The van der Waals surface area contributed by atoms with Gasteiger partial charge in [0.15, 0.2) is 5.69 Å². The van der Waals surface area contributed by atoms with E-state index in [1.807, 2.05) is 6.07 Å². The summed E-state index contributed by atoms with van der Waals surface area (Å²) in [6, 6.07) is 7.02. The van der Waals surface area contributed by atoms with Gasteiger partial charge in [0.1, 0.15) is 6.07 Å². The van der Waals surface area contributed by atoms with Gasteiger partial charge in [-0.05, 0) is 44.0 Å². The number of nitrogens with zero attached hydrogens (tertiary/aromatic N) is 4. The number of H-pyrrole nitrogens is 1. The maximum absolute atomic E-state index is 11.4. The van der Waals surface area contributed by atoms with Gasteiger partial charge in [0.2, 0.25) is 11.5 Å². The van der Waals surface area contributed by atoms with Crippen molar-refractivity contribution in [3.05, 3.63) is 46.6 Å². The molecule has 0 radical (unpaired) electrons. The molecule has 0 unspecified atom stereocenters. The number of hydrogen-bond donors (Lipinski definition) is 4. The Bertz CT molecular complexity index is 1080. The van der Waals surface area contributed by atoms with E-state index >= 15 is 0 Å². The Kier molecular flexibility index (Phi) is 5.12. The van der Waals surface area contributed by atoms with Gasteiger partial charge in [-0.1, -0.05) is 0 Å². The summed E-state index contributed by atoms with van der Waals surface area (Å²) >= 11 is 0. The maximum atomic E-state index is 11.4. The van der Waals surface area contributed by atoms with Crippen molar-refractivity contribution in [2.75, 3.05) is 30.3 Å². The van der Waals surface area contributed by atoms with Crippen LogP contribution in [0.3, 0.4) is 0 Å². The van der Waals surface area contributed by atoms with Gasteiger partial charge in [-0.25, -0.2) is 15.0 Å². The van der Waals surface area contributed by atoms with E-state index in [4.69, 9.17) is 0 Å². The van der Waals surface area contributed by atoms with Crippen molar-refractivity contribution in [1.82, 2.24) is 25.3 Å². The number of aromatic nitrogens is 4. The highest BCUT2D eigenvalue weighted by Gasteiger charge is 2.14. The lowest BCUT2D eigenvalue weighted by Crippen LogP contribution is -2.33. The van der Waals surface area contributed by atoms with E-state index in [1.54, 1.807) is 18.5 Å². The predicted molar refractivity (Wildman–Crippen MR) is 106 cm³/mol. The van der Waals surface area contributed by atoms with Crippen molar-refractivity contribution in [3.63, 3.8) is 0 Å². The molecule has 28 heavy (non-hydrogen) atoms. The maximum Gasteiger partial charge on any atom is 0.248 e. The van der Waals surface area contributed by atoms with Gasteiger partial charge in [0.05, 0.1) is 34.8 Å². The van der Waals surface area contributed by atoms with Gasteiger partial charge in [0, 0.05) is 12.6 Å². The van der Waals surface area contributed by atoms with Crippen LogP contribution in [0.2, 0.25) is 0 Å². The highest BCUT2D eigenvalue weighted by molar-refractivity contribution is 5.74. The van der Waals surface area contributed by atoms with Gasteiger partial charge < -0.3 is 20.9 Å². The average molecular weight is 376 g/mol. The molecule has 4 heterocycles. The highest BCUT2D eigenvalue weighted by atomic mass is 16.1. The Morgan fingerprint density at radius 1 is 1.29 bits per heavy atom. The third-order valence-electron chi connectivity index (χ3n) is 4.70.